The lowest BCUT2D eigenvalue weighted by Crippen LogP contribution is -2.68. The van der Waals surface area contributed by atoms with Crippen LogP contribution in [0.25, 0.3) is 0 Å². The molecule has 118 valence electrons. The Morgan fingerprint density at radius 1 is 1.24 bits per heavy atom. The van der Waals surface area contributed by atoms with Gasteiger partial charge in [0.05, 0.1) is 6.42 Å². The van der Waals surface area contributed by atoms with E-state index in [9.17, 15) is 4.79 Å². The molecule has 1 aliphatic carbocycles. The van der Waals surface area contributed by atoms with Crippen LogP contribution in [0, 0.1) is 17.8 Å². The minimum atomic E-state index is -0.732. The highest BCUT2D eigenvalue weighted by Crippen LogP contribution is 2.59. The highest BCUT2D eigenvalue weighted by atomic mass is 17.3. The van der Waals surface area contributed by atoms with E-state index in [1.807, 2.05) is 0 Å². The van der Waals surface area contributed by atoms with Crippen molar-refractivity contribution in [3.8, 4) is 0 Å². The minimum absolute atomic E-state index is 0.155. The Balaban J connectivity index is 1.76. The predicted molar refractivity (Wildman–Crippen MR) is 72.7 cm³/mol. The van der Waals surface area contributed by atoms with E-state index >= 15 is 0 Å². The van der Waals surface area contributed by atoms with Crippen LogP contribution in [0.4, 0.5) is 0 Å². The molecule has 5 rings (SSSR count). The first kappa shape index (κ1) is 14.0. The monoisotopic (exact) mass is 296 g/mol. The molecule has 5 nitrogen and oxygen atoms in total. The molecule has 6 atom stereocenters. The molecule has 4 aliphatic heterocycles. The van der Waals surface area contributed by atoms with Crippen molar-refractivity contribution < 1.29 is 24.0 Å². The van der Waals surface area contributed by atoms with Crippen molar-refractivity contribution >= 4 is 5.97 Å². The van der Waals surface area contributed by atoms with E-state index < -0.39 is 17.7 Å². The quantitative estimate of drug-likeness (QED) is 0.579. The van der Waals surface area contributed by atoms with E-state index in [0.29, 0.717) is 18.3 Å². The van der Waals surface area contributed by atoms with Crippen LogP contribution >= 0.6 is 0 Å². The van der Waals surface area contributed by atoms with Gasteiger partial charge in [0.15, 0.2) is 5.60 Å². The molecule has 1 spiro atoms. The third kappa shape index (κ3) is 1.83. The molecule has 1 saturated carbocycles. The van der Waals surface area contributed by atoms with E-state index in [1.54, 1.807) is 0 Å². The summed E-state index contributed by atoms with van der Waals surface area (Å²) in [5, 5.41) is 0. The van der Waals surface area contributed by atoms with Crippen LogP contribution in [-0.2, 0) is 24.0 Å². The number of fused-ring (bicyclic) bond motifs is 2. The van der Waals surface area contributed by atoms with Gasteiger partial charge in [-0.25, -0.2) is 9.78 Å². The molecule has 2 bridgehead atoms. The van der Waals surface area contributed by atoms with E-state index in [2.05, 4.69) is 13.8 Å². The fourth-order valence-corrected chi connectivity index (χ4v) is 4.97. The Labute approximate surface area is 125 Å². The lowest BCUT2D eigenvalue weighted by Gasteiger charge is -2.56. The zero-order chi connectivity index (χ0) is 14.7. The molecular formula is C16H24O5. The van der Waals surface area contributed by atoms with E-state index in [1.165, 1.54) is 0 Å². The lowest BCUT2D eigenvalue weighted by molar-refractivity contribution is -0.561. The summed E-state index contributed by atoms with van der Waals surface area (Å²) in [4.78, 5) is 23.8. The highest BCUT2D eigenvalue weighted by molar-refractivity contribution is 5.71. The van der Waals surface area contributed by atoms with Crippen molar-refractivity contribution in [3.63, 3.8) is 0 Å². The van der Waals surface area contributed by atoms with Crippen molar-refractivity contribution in [1.29, 1.82) is 0 Å². The first-order valence-corrected chi connectivity index (χ1v) is 8.34. The molecule has 0 unspecified atom stereocenters. The van der Waals surface area contributed by atoms with Gasteiger partial charge in [0.2, 0.25) is 12.1 Å². The number of hydrogen-bond donors (Lipinski definition) is 0. The van der Waals surface area contributed by atoms with Crippen LogP contribution in [0.3, 0.4) is 0 Å². The summed E-state index contributed by atoms with van der Waals surface area (Å²) in [6, 6.07) is 0. The average molecular weight is 296 g/mol. The second-order valence-electron chi connectivity index (χ2n) is 7.22. The van der Waals surface area contributed by atoms with E-state index in [-0.39, 0.29) is 11.9 Å². The summed E-state index contributed by atoms with van der Waals surface area (Å²) in [7, 11) is 0. The third-order valence-electron chi connectivity index (χ3n) is 6.02. The van der Waals surface area contributed by atoms with Crippen molar-refractivity contribution in [2.24, 2.45) is 17.8 Å². The molecule has 0 N–H and O–H groups in total. The smallest absolute Gasteiger partial charge is 0.308 e. The van der Waals surface area contributed by atoms with Crippen LogP contribution in [0.15, 0.2) is 0 Å². The Bertz CT molecular complexity index is 448. The third-order valence-corrected chi connectivity index (χ3v) is 6.02. The van der Waals surface area contributed by atoms with Crippen LogP contribution < -0.4 is 0 Å². The topological polar surface area (TPSA) is 54.0 Å². The Kier molecular flexibility index (Phi) is 3.11. The maximum absolute atomic E-state index is 11.9. The Morgan fingerprint density at radius 2 is 2.10 bits per heavy atom. The van der Waals surface area contributed by atoms with E-state index in [0.717, 1.165) is 38.5 Å². The highest BCUT2D eigenvalue weighted by Gasteiger charge is 2.68. The van der Waals surface area contributed by atoms with Crippen molar-refractivity contribution in [2.45, 2.75) is 76.5 Å². The van der Waals surface area contributed by atoms with Gasteiger partial charge in [-0.05, 0) is 25.2 Å². The summed E-state index contributed by atoms with van der Waals surface area (Å²) in [5.74, 6) is 0.150. The number of ether oxygens (including phenoxy) is 2. The van der Waals surface area contributed by atoms with Crippen LogP contribution in [-0.4, -0.2) is 23.6 Å². The molecule has 5 aliphatic rings. The zero-order valence-corrected chi connectivity index (χ0v) is 12.8. The fraction of sp³-hybridized carbons (Fsp3) is 0.938. The minimum Gasteiger partial charge on any atom is -0.432 e. The number of hydrogen-bond acceptors (Lipinski definition) is 5. The second kappa shape index (κ2) is 4.67. The molecule has 0 radical (unpaired) electrons. The molecule has 4 heterocycles. The maximum Gasteiger partial charge on any atom is 0.308 e. The van der Waals surface area contributed by atoms with Gasteiger partial charge in [-0.3, -0.25) is 4.79 Å². The molecule has 0 aromatic carbocycles. The first-order chi connectivity index (χ1) is 10.1. The second-order valence-corrected chi connectivity index (χ2v) is 7.22. The van der Waals surface area contributed by atoms with Gasteiger partial charge in [0.25, 0.3) is 0 Å². The number of carbonyl (C=O) groups excluding carboxylic acids is 1. The Hall–Kier alpha value is -0.650. The number of rotatable bonds is 2. The predicted octanol–water partition coefficient (Wildman–Crippen LogP) is 2.93. The first-order valence-electron chi connectivity index (χ1n) is 8.34. The summed E-state index contributed by atoms with van der Waals surface area (Å²) in [6.45, 7) is 4.37. The van der Waals surface area contributed by atoms with E-state index in [4.69, 9.17) is 19.2 Å². The van der Waals surface area contributed by atoms with Gasteiger partial charge in [-0.15, -0.1) is 0 Å². The Morgan fingerprint density at radius 3 is 2.90 bits per heavy atom. The summed E-state index contributed by atoms with van der Waals surface area (Å²) >= 11 is 0. The average Bonchev–Trinajstić information content (AvgIpc) is 2.69. The largest absolute Gasteiger partial charge is 0.432 e. The van der Waals surface area contributed by atoms with Crippen LogP contribution in [0.1, 0.15) is 58.8 Å². The summed E-state index contributed by atoms with van der Waals surface area (Å²) in [5.41, 5.74) is -0.584. The van der Waals surface area contributed by atoms with Gasteiger partial charge in [0, 0.05) is 24.7 Å². The van der Waals surface area contributed by atoms with Gasteiger partial charge in [-0.2, -0.15) is 0 Å². The lowest BCUT2D eigenvalue weighted by atomic mass is 9.60. The van der Waals surface area contributed by atoms with Crippen molar-refractivity contribution in [2.75, 3.05) is 0 Å². The SMILES string of the molecule is CCC[C@@]12CC[C@H]3[C@H](C)CC[C@H]4CC(=O)O[C@H](O1)[C@]43OO2. The van der Waals surface area contributed by atoms with Crippen LogP contribution in [0.5, 0.6) is 0 Å². The van der Waals surface area contributed by atoms with Crippen molar-refractivity contribution in [3.05, 3.63) is 0 Å². The normalized spacial score (nSPS) is 52.0. The fourth-order valence-electron chi connectivity index (χ4n) is 4.97. The summed E-state index contributed by atoms with van der Waals surface area (Å²) < 4.78 is 11.8. The van der Waals surface area contributed by atoms with Gasteiger partial charge in [0.1, 0.15) is 0 Å². The van der Waals surface area contributed by atoms with Gasteiger partial charge in [-0.1, -0.05) is 20.3 Å². The molecule has 0 aromatic heterocycles. The molecule has 0 aromatic rings. The van der Waals surface area contributed by atoms with Crippen molar-refractivity contribution in [1.82, 2.24) is 0 Å². The zero-order valence-electron chi connectivity index (χ0n) is 12.8. The standard InChI is InChI=1S/C16H24O5/c1-3-7-15-8-6-12-10(2)4-5-11-9-13(17)18-14(19-15)16(11,12)21-20-15/h10-12,14H,3-9H2,1-2H3/t10-,11+,12+,14-,15-,16+/m1/s1. The molecule has 0 amide bonds. The maximum atomic E-state index is 11.9. The van der Waals surface area contributed by atoms with Gasteiger partial charge >= 0.3 is 5.97 Å². The van der Waals surface area contributed by atoms with Crippen LogP contribution in [0.2, 0.25) is 0 Å². The summed E-state index contributed by atoms with van der Waals surface area (Å²) in [6.07, 6.45) is 5.50. The number of esters is 1. The van der Waals surface area contributed by atoms with Gasteiger partial charge < -0.3 is 9.47 Å². The number of carbonyl (C=O) groups is 1. The molecular weight excluding hydrogens is 272 g/mol. The molecule has 21 heavy (non-hydrogen) atoms. The molecule has 4 saturated heterocycles. The molecule has 5 heteroatoms. The molecule has 5 fully saturated rings.